The molecule has 0 amide bonds. The summed E-state index contributed by atoms with van der Waals surface area (Å²) in [6, 6.07) is 5.41. The fraction of sp³-hybridized carbons (Fsp3) is 0.200. The summed E-state index contributed by atoms with van der Waals surface area (Å²) in [5, 5.41) is 8.69. The van der Waals surface area contributed by atoms with Gasteiger partial charge in [0.15, 0.2) is 0 Å². The summed E-state index contributed by atoms with van der Waals surface area (Å²) in [5.41, 5.74) is 0.994. The maximum atomic E-state index is 8.69. The Balaban J connectivity index is 2.91. The van der Waals surface area contributed by atoms with E-state index in [2.05, 4.69) is 16.8 Å². The number of pyridine rings is 1. The topological polar surface area (TPSA) is 45.9 Å². The van der Waals surface area contributed by atoms with Crippen LogP contribution in [0.25, 0.3) is 0 Å². The van der Waals surface area contributed by atoms with Crippen LogP contribution >= 0.6 is 0 Å². The molecule has 0 bridgehead atoms. The monoisotopic (exact) mass is 172 g/mol. The minimum Gasteiger partial charge on any atom is -0.372 e. The summed E-state index contributed by atoms with van der Waals surface area (Å²) in [5.74, 6) is 5.50. The summed E-state index contributed by atoms with van der Waals surface area (Å²) in [6.07, 6.45) is 1.61. The third-order valence-electron chi connectivity index (χ3n) is 1.35. The lowest BCUT2D eigenvalue weighted by molar-refractivity contribution is 0.240. The van der Waals surface area contributed by atoms with Gasteiger partial charge in [-0.1, -0.05) is 5.92 Å². The smallest absolute Gasteiger partial charge is 0.130 e. The molecule has 1 aromatic rings. The van der Waals surface area contributed by atoms with Crippen LogP contribution in [0.1, 0.15) is 11.3 Å². The normalized spacial score (nSPS) is 8.31. The zero-order chi connectivity index (χ0) is 9.52. The van der Waals surface area contributed by atoms with Gasteiger partial charge in [-0.3, -0.25) is 0 Å². The Kier molecular flexibility index (Phi) is 3.50. The van der Waals surface area contributed by atoms with E-state index in [4.69, 9.17) is 10.00 Å². The van der Waals surface area contributed by atoms with Crippen LogP contribution in [0.2, 0.25) is 0 Å². The van der Waals surface area contributed by atoms with Crippen molar-refractivity contribution in [2.75, 3.05) is 13.7 Å². The van der Waals surface area contributed by atoms with Crippen LogP contribution < -0.4 is 0 Å². The third kappa shape index (κ3) is 2.59. The maximum absolute atomic E-state index is 8.69. The Morgan fingerprint density at radius 3 is 3.15 bits per heavy atom. The fourth-order valence-electron chi connectivity index (χ4n) is 0.787. The van der Waals surface area contributed by atoms with Gasteiger partial charge in [0.05, 0.1) is 5.56 Å². The lowest BCUT2D eigenvalue weighted by Crippen LogP contribution is -1.88. The molecule has 1 rings (SSSR count). The first-order valence-electron chi connectivity index (χ1n) is 3.71. The number of nitrogens with zero attached hydrogens (tertiary/aromatic N) is 2. The van der Waals surface area contributed by atoms with Crippen molar-refractivity contribution in [3.05, 3.63) is 29.6 Å². The van der Waals surface area contributed by atoms with E-state index < -0.39 is 0 Å². The van der Waals surface area contributed by atoms with Gasteiger partial charge in [0, 0.05) is 13.3 Å². The van der Waals surface area contributed by atoms with E-state index in [-0.39, 0.29) is 0 Å². The van der Waals surface area contributed by atoms with Gasteiger partial charge < -0.3 is 4.74 Å². The second-order valence-corrected chi connectivity index (χ2v) is 2.25. The van der Waals surface area contributed by atoms with Crippen molar-refractivity contribution < 1.29 is 4.74 Å². The molecule has 0 aliphatic carbocycles. The van der Waals surface area contributed by atoms with Crippen molar-refractivity contribution in [1.29, 1.82) is 5.26 Å². The van der Waals surface area contributed by atoms with Crippen LogP contribution in [0.5, 0.6) is 0 Å². The van der Waals surface area contributed by atoms with Gasteiger partial charge in [-0.2, -0.15) is 5.26 Å². The summed E-state index contributed by atoms with van der Waals surface area (Å²) < 4.78 is 4.75. The molecule has 0 atom stereocenters. The van der Waals surface area contributed by atoms with Gasteiger partial charge in [-0.25, -0.2) is 4.98 Å². The first-order valence-corrected chi connectivity index (χ1v) is 3.71. The van der Waals surface area contributed by atoms with E-state index >= 15 is 0 Å². The fourth-order valence-corrected chi connectivity index (χ4v) is 0.787. The number of ether oxygens (including phenoxy) is 1. The van der Waals surface area contributed by atoms with Crippen LogP contribution in [-0.2, 0) is 4.74 Å². The molecule has 0 aliphatic rings. The van der Waals surface area contributed by atoms with Crippen molar-refractivity contribution in [2.24, 2.45) is 0 Å². The van der Waals surface area contributed by atoms with Crippen molar-refractivity contribution in [2.45, 2.75) is 0 Å². The molecule has 0 N–H and O–H groups in total. The number of rotatable bonds is 1. The maximum Gasteiger partial charge on any atom is 0.130 e. The van der Waals surface area contributed by atoms with Gasteiger partial charge in [0.25, 0.3) is 0 Å². The first-order chi connectivity index (χ1) is 6.38. The van der Waals surface area contributed by atoms with Crippen molar-refractivity contribution in [3.63, 3.8) is 0 Å². The van der Waals surface area contributed by atoms with E-state index in [1.165, 1.54) is 0 Å². The van der Waals surface area contributed by atoms with Crippen LogP contribution in [0.4, 0.5) is 0 Å². The predicted octanol–water partition coefficient (Wildman–Crippen LogP) is 0.951. The number of methoxy groups -OCH3 is 1. The molecular formula is C10H8N2O. The first kappa shape index (κ1) is 9.25. The Morgan fingerprint density at radius 1 is 1.62 bits per heavy atom. The Labute approximate surface area is 77.0 Å². The van der Waals surface area contributed by atoms with Gasteiger partial charge in [0.2, 0.25) is 0 Å². The zero-order valence-electron chi connectivity index (χ0n) is 7.24. The highest BCUT2D eigenvalue weighted by Gasteiger charge is 1.96. The van der Waals surface area contributed by atoms with Crippen molar-refractivity contribution in [1.82, 2.24) is 4.98 Å². The highest BCUT2D eigenvalue weighted by Crippen LogP contribution is 2.00. The van der Waals surface area contributed by atoms with Gasteiger partial charge in [0.1, 0.15) is 18.4 Å². The average Bonchev–Trinajstić information content (AvgIpc) is 2.19. The molecule has 0 saturated carbocycles. The van der Waals surface area contributed by atoms with Gasteiger partial charge in [-0.05, 0) is 18.1 Å². The minimum atomic E-state index is 0.349. The minimum absolute atomic E-state index is 0.349. The third-order valence-corrected chi connectivity index (χ3v) is 1.35. The summed E-state index contributed by atoms with van der Waals surface area (Å²) in [6.45, 7) is 0.349. The molecule has 0 radical (unpaired) electrons. The van der Waals surface area contributed by atoms with Crippen LogP contribution in [0, 0.1) is 23.2 Å². The molecule has 3 nitrogen and oxygen atoms in total. The van der Waals surface area contributed by atoms with Crippen LogP contribution in [-0.4, -0.2) is 18.7 Å². The molecule has 0 fully saturated rings. The summed E-state index contributed by atoms with van der Waals surface area (Å²) in [7, 11) is 1.57. The van der Waals surface area contributed by atoms with Crippen molar-refractivity contribution in [3.8, 4) is 17.9 Å². The second-order valence-electron chi connectivity index (χ2n) is 2.25. The Bertz CT molecular complexity index is 382. The largest absolute Gasteiger partial charge is 0.372 e. The standard InChI is InChI=1S/C10H8N2O/c1-13-7-3-5-10-9(8-11)4-2-6-12-10/h2,4,6H,7H2,1H3. The SMILES string of the molecule is COCC#Cc1ncccc1C#N. The average molecular weight is 172 g/mol. The highest BCUT2D eigenvalue weighted by molar-refractivity contribution is 5.42. The quantitative estimate of drug-likeness (QED) is 0.592. The van der Waals surface area contributed by atoms with E-state index in [1.807, 2.05) is 6.07 Å². The molecule has 0 aliphatic heterocycles. The highest BCUT2D eigenvalue weighted by atomic mass is 16.5. The predicted molar refractivity (Wildman–Crippen MR) is 47.7 cm³/mol. The number of aromatic nitrogens is 1. The van der Waals surface area contributed by atoms with Crippen LogP contribution in [0.15, 0.2) is 18.3 Å². The molecule has 13 heavy (non-hydrogen) atoms. The number of nitriles is 1. The molecule has 3 heteroatoms. The van der Waals surface area contributed by atoms with Gasteiger partial charge in [-0.15, -0.1) is 0 Å². The lowest BCUT2D eigenvalue weighted by atomic mass is 10.2. The molecular weight excluding hydrogens is 164 g/mol. The van der Waals surface area contributed by atoms with E-state index in [9.17, 15) is 0 Å². The molecule has 0 aromatic carbocycles. The molecule has 1 heterocycles. The number of hydrogen-bond donors (Lipinski definition) is 0. The number of hydrogen-bond acceptors (Lipinski definition) is 3. The Morgan fingerprint density at radius 2 is 2.46 bits per heavy atom. The van der Waals surface area contributed by atoms with Crippen molar-refractivity contribution >= 4 is 0 Å². The van der Waals surface area contributed by atoms with Gasteiger partial charge >= 0.3 is 0 Å². The van der Waals surface area contributed by atoms with Crippen LogP contribution in [0.3, 0.4) is 0 Å². The van der Waals surface area contributed by atoms with E-state index in [0.717, 1.165) is 0 Å². The second kappa shape index (κ2) is 4.92. The van der Waals surface area contributed by atoms with E-state index in [1.54, 1.807) is 25.4 Å². The molecule has 1 aromatic heterocycles. The molecule has 0 unspecified atom stereocenters. The lowest BCUT2D eigenvalue weighted by Gasteiger charge is -1.91. The molecule has 0 saturated heterocycles. The zero-order valence-corrected chi connectivity index (χ0v) is 7.24. The molecule has 64 valence electrons. The summed E-state index contributed by atoms with van der Waals surface area (Å²) in [4.78, 5) is 3.97. The van der Waals surface area contributed by atoms with E-state index in [0.29, 0.717) is 17.9 Å². The Hall–Kier alpha value is -1.84. The summed E-state index contributed by atoms with van der Waals surface area (Å²) >= 11 is 0. The molecule has 0 spiro atoms.